The predicted molar refractivity (Wildman–Crippen MR) is 79.4 cm³/mol. The number of carboxylic acid groups (broad SMARTS) is 1. The van der Waals surface area contributed by atoms with Crippen molar-refractivity contribution in [2.45, 2.75) is 13.0 Å². The van der Waals surface area contributed by atoms with E-state index in [2.05, 4.69) is 10.1 Å². The number of ether oxygens (including phenoxy) is 1. The molecule has 2 heterocycles. The van der Waals surface area contributed by atoms with E-state index in [4.69, 9.17) is 4.74 Å². The van der Waals surface area contributed by atoms with Gasteiger partial charge in [0.2, 0.25) is 0 Å². The van der Waals surface area contributed by atoms with Crippen molar-refractivity contribution in [1.82, 2.24) is 19.7 Å². The summed E-state index contributed by atoms with van der Waals surface area (Å²) in [4.78, 5) is 29.2. The summed E-state index contributed by atoms with van der Waals surface area (Å²) in [5.41, 5.74) is 2.01. The number of aryl methyl sites for hydroxylation is 1. The number of carbonyl (C=O) groups is 2. The third-order valence-electron chi connectivity index (χ3n) is 3.80. The van der Waals surface area contributed by atoms with E-state index in [1.807, 2.05) is 13.0 Å². The molecular weight excluding hydrogens is 300 g/mol. The molecule has 0 bridgehead atoms. The van der Waals surface area contributed by atoms with Gasteiger partial charge in [-0.3, -0.25) is 4.79 Å². The maximum atomic E-state index is 12.7. The predicted octanol–water partition coefficient (Wildman–Crippen LogP) is 0.501. The van der Waals surface area contributed by atoms with Crippen LogP contribution in [0.1, 0.15) is 15.9 Å². The molecule has 1 amide bonds. The van der Waals surface area contributed by atoms with E-state index in [0.29, 0.717) is 12.2 Å². The monoisotopic (exact) mass is 316 g/mol. The molecule has 120 valence electrons. The van der Waals surface area contributed by atoms with Gasteiger partial charge >= 0.3 is 5.97 Å². The summed E-state index contributed by atoms with van der Waals surface area (Å²) in [6.07, 6.45) is 3.00. The number of hydrogen-bond acceptors (Lipinski definition) is 5. The second-order valence-electron chi connectivity index (χ2n) is 5.27. The molecule has 3 rings (SSSR count). The molecular formula is C15H16N4O4. The van der Waals surface area contributed by atoms with E-state index >= 15 is 0 Å². The van der Waals surface area contributed by atoms with Crippen LogP contribution in [-0.2, 0) is 9.53 Å². The van der Waals surface area contributed by atoms with Gasteiger partial charge < -0.3 is 14.7 Å². The first-order valence-corrected chi connectivity index (χ1v) is 7.15. The smallest absolute Gasteiger partial charge is 0.328 e. The number of rotatable bonds is 3. The van der Waals surface area contributed by atoms with Crippen molar-refractivity contribution in [3.05, 3.63) is 42.0 Å². The molecule has 2 aromatic rings. The number of aliphatic carboxylic acids is 1. The van der Waals surface area contributed by atoms with Crippen molar-refractivity contribution in [2.24, 2.45) is 0 Å². The van der Waals surface area contributed by atoms with E-state index in [1.54, 1.807) is 23.1 Å². The zero-order chi connectivity index (χ0) is 16.4. The number of benzene rings is 1. The van der Waals surface area contributed by atoms with Crippen LogP contribution in [0.4, 0.5) is 0 Å². The standard InChI is InChI=1S/C15H16N4O4/c1-10-6-11(19-9-16-8-17-19)2-3-12(10)14(20)18-4-5-23-7-13(18)15(21)22/h2-3,6,8-9,13H,4-5,7H2,1H3,(H,21,22)/t13-/m0/s1. The third kappa shape index (κ3) is 2.93. The fourth-order valence-corrected chi connectivity index (χ4v) is 2.58. The second-order valence-corrected chi connectivity index (χ2v) is 5.27. The maximum Gasteiger partial charge on any atom is 0.328 e. The van der Waals surface area contributed by atoms with Crippen LogP contribution >= 0.6 is 0 Å². The van der Waals surface area contributed by atoms with Gasteiger partial charge in [-0.2, -0.15) is 5.10 Å². The highest BCUT2D eigenvalue weighted by molar-refractivity contribution is 5.98. The van der Waals surface area contributed by atoms with Crippen LogP contribution in [0.5, 0.6) is 0 Å². The Morgan fingerprint density at radius 2 is 2.22 bits per heavy atom. The second kappa shape index (κ2) is 6.17. The average molecular weight is 316 g/mol. The molecule has 1 aliphatic rings. The van der Waals surface area contributed by atoms with Gasteiger partial charge in [0, 0.05) is 12.1 Å². The Kier molecular flexibility index (Phi) is 4.07. The lowest BCUT2D eigenvalue weighted by Crippen LogP contribution is -2.52. The van der Waals surface area contributed by atoms with Crippen molar-refractivity contribution in [2.75, 3.05) is 19.8 Å². The van der Waals surface area contributed by atoms with Crippen LogP contribution in [-0.4, -0.2) is 62.4 Å². The zero-order valence-corrected chi connectivity index (χ0v) is 12.5. The molecule has 1 aliphatic heterocycles. The van der Waals surface area contributed by atoms with Crippen molar-refractivity contribution in [3.8, 4) is 5.69 Å². The highest BCUT2D eigenvalue weighted by atomic mass is 16.5. The number of nitrogens with zero attached hydrogens (tertiary/aromatic N) is 4. The zero-order valence-electron chi connectivity index (χ0n) is 12.5. The van der Waals surface area contributed by atoms with Crippen molar-refractivity contribution in [1.29, 1.82) is 0 Å². The minimum absolute atomic E-state index is 0.0111. The summed E-state index contributed by atoms with van der Waals surface area (Å²) in [7, 11) is 0. The third-order valence-corrected chi connectivity index (χ3v) is 3.80. The van der Waals surface area contributed by atoms with Crippen LogP contribution in [0.25, 0.3) is 5.69 Å². The first-order valence-electron chi connectivity index (χ1n) is 7.15. The Balaban J connectivity index is 1.88. The Labute approximate surface area is 132 Å². The fraction of sp³-hybridized carbons (Fsp3) is 0.333. The fourth-order valence-electron chi connectivity index (χ4n) is 2.58. The van der Waals surface area contributed by atoms with Gasteiger partial charge in [0.05, 0.1) is 18.9 Å². The van der Waals surface area contributed by atoms with E-state index in [1.165, 1.54) is 11.2 Å². The first kappa shape index (κ1) is 15.2. The van der Waals surface area contributed by atoms with Gasteiger partial charge in [0.1, 0.15) is 12.7 Å². The number of carbonyl (C=O) groups excluding carboxylic acids is 1. The van der Waals surface area contributed by atoms with Crippen molar-refractivity contribution >= 4 is 11.9 Å². The van der Waals surface area contributed by atoms with E-state index in [0.717, 1.165) is 11.3 Å². The number of morpholine rings is 1. The van der Waals surface area contributed by atoms with E-state index < -0.39 is 12.0 Å². The summed E-state index contributed by atoms with van der Waals surface area (Å²) < 4.78 is 6.76. The quantitative estimate of drug-likeness (QED) is 0.885. The van der Waals surface area contributed by atoms with Crippen molar-refractivity contribution < 1.29 is 19.4 Å². The van der Waals surface area contributed by atoms with Gasteiger partial charge in [-0.1, -0.05) is 0 Å². The van der Waals surface area contributed by atoms with Gasteiger partial charge in [-0.25, -0.2) is 14.5 Å². The lowest BCUT2D eigenvalue weighted by Gasteiger charge is -2.33. The highest BCUT2D eigenvalue weighted by Gasteiger charge is 2.33. The minimum atomic E-state index is -1.06. The summed E-state index contributed by atoms with van der Waals surface area (Å²) in [5, 5.41) is 13.3. The Bertz CT molecular complexity index is 729. The van der Waals surface area contributed by atoms with Crippen molar-refractivity contribution in [3.63, 3.8) is 0 Å². The number of hydrogen-bond donors (Lipinski definition) is 1. The summed E-state index contributed by atoms with van der Waals surface area (Å²) in [6.45, 7) is 2.42. The molecule has 1 aromatic carbocycles. The normalized spacial score (nSPS) is 18.0. The molecule has 1 saturated heterocycles. The first-order chi connectivity index (χ1) is 11.1. The molecule has 23 heavy (non-hydrogen) atoms. The summed E-state index contributed by atoms with van der Waals surface area (Å²) in [6, 6.07) is 4.30. The number of carboxylic acids is 1. The SMILES string of the molecule is Cc1cc(-n2cncn2)ccc1C(=O)N1CCOC[C@H]1C(=O)O. The maximum absolute atomic E-state index is 12.7. The van der Waals surface area contributed by atoms with Crippen LogP contribution in [0.2, 0.25) is 0 Å². The molecule has 0 saturated carbocycles. The highest BCUT2D eigenvalue weighted by Crippen LogP contribution is 2.18. The van der Waals surface area contributed by atoms with Gasteiger partial charge in [-0.05, 0) is 30.7 Å². The molecule has 0 radical (unpaired) electrons. The molecule has 1 aromatic heterocycles. The molecule has 0 spiro atoms. The van der Waals surface area contributed by atoms with Crippen LogP contribution in [0.15, 0.2) is 30.9 Å². The average Bonchev–Trinajstić information content (AvgIpc) is 3.08. The van der Waals surface area contributed by atoms with Gasteiger partial charge in [-0.15, -0.1) is 0 Å². The lowest BCUT2D eigenvalue weighted by atomic mass is 10.0. The molecule has 0 aliphatic carbocycles. The van der Waals surface area contributed by atoms with Crippen LogP contribution in [0.3, 0.4) is 0 Å². The van der Waals surface area contributed by atoms with Crippen LogP contribution < -0.4 is 0 Å². The molecule has 8 heteroatoms. The lowest BCUT2D eigenvalue weighted by molar-refractivity contribution is -0.147. The van der Waals surface area contributed by atoms with Gasteiger partial charge in [0.25, 0.3) is 5.91 Å². The van der Waals surface area contributed by atoms with Gasteiger partial charge in [0.15, 0.2) is 6.04 Å². The van der Waals surface area contributed by atoms with E-state index in [-0.39, 0.29) is 19.1 Å². The summed E-state index contributed by atoms with van der Waals surface area (Å²) >= 11 is 0. The summed E-state index contributed by atoms with van der Waals surface area (Å²) in [5.74, 6) is -1.36. The minimum Gasteiger partial charge on any atom is -0.480 e. The molecule has 8 nitrogen and oxygen atoms in total. The molecule has 1 N–H and O–H groups in total. The largest absolute Gasteiger partial charge is 0.480 e. The Hall–Kier alpha value is -2.74. The molecule has 0 unspecified atom stereocenters. The topological polar surface area (TPSA) is 97.5 Å². The van der Waals surface area contributed by atoms with Crippen LogP contribution in [0, 0.1) is 6.92 Å². The van der Waals surface area contributed by atoms with E-state index in [9.17, 15) is 14.7 Å². The Morgan fingerprint density at radius 1 is 1.39 bits per heavy atom. The number of amides is 1. The Morgan fingerprint density at radius 3 is 2.87 bits per heavy atom. The number of aromatic nitrogens is 3. The molecule has 1 fully saturated rings. The molecule has 1 atom stereocenters.